The Hall–Kier alpha value is -1.46. The van der Waals surface area contributed by atoms with E-state index in [0.717, 1.165) is 6.07 Å². The van der Waals surface area contributed by atoms with Gasteiger partial charge in [-0.15, -0.1) is 0 Å². The molecule has 0 bridgehead atoms. The molecule has 1 aromatic rings. The van der Waals surface area contributed by atoms with E-state index in [1.165, 1.54) is 12.1 Å². The van der Waals surface area contributed by atoms with Crippen LogP contribution in [0, 0.1) is 5.82 Å². The van der Waals surface area contributed by atoms with Gasteiger partial charge < -0.3 is 11.1 Å². The third-order valence-electron chi connectivity index (χ3n) is 1.97. The summed E-state index contributed by atoms with van der Waals surface area (Å²) in [6.07, 6.45) is -5.09. The molecule has 3 N–H and O–H groups in total. The normalized spacial score (nSPS) is 11.5. The molecule has 1 aromatic carbocycles. The zero-order valence-corrected chi connectivity index (χ0v) is 8.44. The fraction of sp³-hybridized carbons (Fsp3) is 0.400. The number of hydrogen-bond acceptors (Lipinski definition) is 2. The Morgan fingerprint density at radius 1 is 1.25 bits per heavy atom. The second-order valence-electron chi connectivity index (χ2n) is 3.38. The van der Waals surface area contributed by atoms with Crippen molar-refractivity contribution in [1.29, 1.82) is 0 Å². The summed E-state index contributed by atoms with van der Waals surface area (Å²) < 4.78 is 48.2. The van der Waals surface area contributed by atoms with Gasteiger partial charge in [0.25, 0.3) is 0 Å². The Labute approximate surface area is 90.4 Å². The van der Waals surface area contributed by atoms with E-state index in [-0.39, 0.29) is 13.0 Å². The Balaban J connectivity index is 2.40. The van der Waals surface area contributed by atoms with Gasteiger partial charge in [0, 0.05) is 13.0 Å². The quantitative estimate of drug-likeness (QED) is 0.478. The predicted octanol–water partition coefficient (Wildman–Crippen LogP) is 3.16. The molecule has 0 amide bonds. The molecule has 0 saturated carbocycles. The lowest BCUT2D eigenvalue weighted by atomic mass is 10.2. The van der Waals surface area contributed by atoms with Gasteiger partial charge in [-0.2, -0.15) is 13.2 Å². The van der Waals surface area contributed by atoms with Crippen molar-refractivity contribution in [2.45, 2.75) is 19.0 Å². The first-order valence-electron chi connectivity index (χ1n) is 4.74. The van der Waals surface area contributed by atoms with E-state index < -0.39 is 18.4 Å². The molecule has 90 valence electrons. The van der Waals surface area contributed by atoms with E-state index in [1.54, 1.807) is 0 Å². The predicted molar refractivity (Wildman–Crippen MR) is 54.6 cm³/mol. The van der Waals surface area contributed by atoms with Crippen molar-refractivity contribution in [3.05, 3.63) is 24.0 Å². The van der Waals surface area contributed by atoms with Crippen molar-refractivity contribution < 1.29 is 17.6 Å². The largest absolute Gasteiger partial charge is 0.397 e. The van der Waals surface area contributed by atoms with Crippen molar-refractivity contribution >= 4 is 11.4 Å². The second-order valence-corrected chi connectivity index (χ2v) is 3.38. The van der Waals surface area contributed by atoms with E-state index >= 15 is 0 Å². The Morgan fingerprint density at radius 2 is 1.94 bits per heavy atom. The smallest absolute Gasteiger partial charge is 0.389 e. The van der Waals surface area contributed by atoms with Gasteiger partial charge in [-0.25, -0.2) is 4.39 Å². The second kappa shape index (κ2) is 5.05. The summed E-state index contributed by atoms with van der Waals surface area (Å²) in [7, 11) is 0. The number of anilines is 2. The first kappa shape index (κ1) is 12.6. The van der Waals surface area contributed by atoms with Gasteiger partial charge in [0.1, 0.15) is 5.82 Å². The molecule has 1 rings (SSSR count). The lowest BCUT2D eigenvalue weighted by molar-refractivity contribution is -0.134. The Bertz CT molecular complexity index is 349. The van der Waals surface area contributed by atoms with Crippen molar-refractivity contribution in [3.8, 4) is 0 Å². The van der Waals surface area contributed by atoms with Gasteiger partial charge in [0.15, 0.2) is 0 Å². The van der Waals surface area contributed by atoms with Crippen LogP contribution in [0.3, 0.4) is 0 Å². The standard InChI is InChI=1S/C10H12F4N2/c11-7-2-3-8(15)9(6-7)16-5-1-4-10(12,13)14/h2-3,6,16H,1,4-5,15H2. The third kappa shape index (κ3) is 4.37. The van der Waals surface area contributed by atoms with E-state index in [2.05, 4.69) is 5.32 Å². The highest BCUT2D eigenvalue weighted by molar-refractivity contribution is 5.65. The molecule has 0 fully saturated rings. The van der Waals surface area contributed by atoms with Gasteiger partial charge in [0.2, 0.25) is 0 Å². The molecule has 6 heteroatoms. The molecular weight excluding hydrogens is 224 g/mol. The topological polar surface area (TPSA) is 38.0 Å². The molecule has 0 atom stereocenters. The molecule has 0 aliphatic heterocycles. The molecular formula is C10H12F4N2. The van der Waals surface area contributed by atoms with Gasteiger partial charge in [-0.1, -0.05) is 0 Å². The van der Waals surface area contributed by atoms with Gasteiger partial charge in [-0.05, 0) is 24.6 Å². The zero-order valence-electron chi connectivity index (χ0n) is 8.44. The number of hydrogen-bond donors (Lipinski definition) is 2. The van der Waals surface area contributed by atoms with Gasteiger partial charge in [0.05, 0.1) is 11.4 Å². The fourth-order valence-electron chi connectivity index (χ4n) is 1.19. The summed E-state index contributed by atoms with van der Waals surface area (Å²) in [6.45, 7) is 0.104. The maximum Gasteiger partial charge on any atom is 0.389 e. The maximum absolute atomic E-state index is 12.8. The number of halogens is 4. The number of benzene rings is 1. The molecule has 0 unspecified atom stereocenters. The molecule has 0 heterocycles. The summed E-state index contributed by atoms with van der Waals surface area (Å²) >= 11 is 0. The molecule has 0 radical (unpaired) electrons. The van der Waals surface area contributed by atoms with Crippen LogP contribution in [0.1, 0.15) is 12.8 Å². The number of nitrogens with two attached hydrogens (primary N) is 1. The van der Waals surface area contributed by atoms with E-state index in [0.29, 0.717) is 11.4 Å². The highest BCUT2D eigenvalue weighted by Gasteiger charge is 2.25. The van der Waals surface area contributed by atoms with Crippen molar-refractivity contribution in [3.63, 3.8) is 0 Å². The van der Waals surface area contributed by atoms with Crippen LogP contribution in [0.2, 0.25) is 0 Å². The van der Waals surface area contributed by atoms with E-state index in [1.807, 2.05) is 0 Å². The molecule has 2 nitrogen and oxygen atoms in total. The Kier molecular flexibility index (Phi) is 3.98. The summed E-state index contributed by atoms with van der Waals surface area (Å²) in [5.41, 5.74) is 6.14. The van der Waals surface area contributed by atoms with Crippen molar-refractivity contribution in [2.75, 3.05) is 17.6 Å². The van der Waals surface area contributed by atoms with Crippen LogP contribution in [-0.4, -0.2) is 12.7 Å². The van der Waals surface area contributed by atoms with Crippen LogP contribution in [0.4, 0.5) is 28.9 Å². The highest BCUT2D eigenvalue weighted by Crippen LogP contribution is 2.22. The molecule has 0 saturated heterocycles. The third-order valence-corrected chi connectivity index (χ3v) is 1.97. The summed E-state index contributed by atoms with van der Waals surface area (Å²) in [5, 5.41) is 2.66. The minimum atomic E-state index is -4.16. The van der Waals surface area contributed by atoms with Gasteiger partial charge >= 0.3 is 6.18 Å². The molecule has 0 aromatic heterocycles. The summed E-state index contributed by atoms with van der Waals surface area (Å²) in [5.74, 6) is -0.479. The van der Waals surface area contributed by atoms with Crippen LogP contribution in [-0.2, 0) is 0 Å². The molecule has 0 aliphatic rings. The first-order valence-corrected chi connectivity index (χ1v) is 4.74. The van der Waals surface area contributed by atoms with E-state index in [4.69, 9.17) is 5.73 Å². The minimum absolute atomic E-state index is 0.0700. The minimum Gasteiger partial charge on any atom is -0.397 e. The first-order chi connectivity index (χ1) is 7.38. The maximum atomic E-state index is 12.8. The lowest BCUT2D eigenvalue weighted by Crippen LogP contribution is -2.11. The number of rotatable bonds is 4. The zero-order chi connectivity index (χ0) is 12.2. The summed E-state index contributed by atoms with van der Waals surface area (Å²) in [4.78, 5) is 0. The van der Waals surface area contributed by atoms with E-state index in [9.17, 15) is 17.6 Å². The molecule has 0 aliphatic carbocycles. The van der Waals surface area contributed by atoms with Crippen LogP contribution in [0.5, 0.6) is 0 Å². The monoisotopic (exact) mass is 236 g/mol. The van der Waals surface area contributed by atoms with Crippen molar-refractivity contribution in [1.82, 2.24) is 0 Å². The number of nitrogen functional groups attached to an aromatic ring is 1. The fourth-order valence-corrected chi connectivity index (χ4v) is 1.19. The highest BCUT2D eigenvalue weighted by atomic mass is 19.4. The van der Waals surface area contributed by atoms with Gasteiger partial charge in [-0.3, -0.25) is 0 Å². The number of alkyl halides is 3. The lowest BCUT2D eigenvalue weighted by Gasteiger charge is -2.10. The number of nitrogens with one attached hydrogen (secondary N) is 1. The van der Waals surface area contributed by atoms with Crippen LogP contribution in [0.25, 0.3) is 0 Å². The summed E-state index contributed by atoms with van der Waals surface area (Å²) in [6, 6.07) is 3.71. The SMILES string of the molecule is Nc1ccc(F)cc1NCCCC(F)(F)F. The van der Waals surface area contributed by atoms with Crippen LogP contribution < -0.4 is 11.1 Å². The average molecular weight is 236 g/mol. The average Bonchev–Trinajstić information content (AvgIpc) is 2.16. The van der Waals surface area contributed by atoms with Crippen molar-refractivity contribution in [2.24, 2.45) is 0 Å². The molecule has 16 heavy (non-hydrogen) atoms. The molecule has 0 spiro atoms. The Morgan fingerprint density at radius 3 is 2.56 bits per heavy atom. The van der Waals surface area contributed by atoms with Crippen LogP contribution in [0.15, 0.2) is 18.2 Å². The van der Waals surface area contributed by atoms with Crippen LogP contribution >= 0.6 is 0 Å².